The van der Waals surface area contributed by atoms with E-state index in [4.69, 9.17) is 4.18 Å². The SMILES string of the molecule is CCS(=O)(=O)Oc1cccc(CN(CC(C)C)C(=O)C2CC2c2ccccc2)c1. The number of nitrogens with zero attached hydrogens (tertiary/aromatic N) is 1. The van der Waals surface area contributed by atoms with Gasteiger partial charge in [-0.2, -0.15) is 8.42 Å². The molecule has 2 atom stereocenters. The molecule has 0 spiro atoms. The van der Waals surface area contributed by atoms with Gasteiger partial charge in [0.25, 0.3) is 0 Å². The summed E-state index contributed by atoms with van der Waals surface area (Å²) in [4.78, 5) is 15.1. The predicted molar refractivity (Wildman–Crippen MR) is 114 cm³/mol. The van der Waals surface area contributed by atoms with Crippen LogP contribution in [0.2, 0.25) is 0 Å². The van der Waals surface area contributed by atoms with Crippen molar-refractivity contribution in [2.24, 2.45) is 11.8 Å². The fraction of sp³-hybridized carbons (Fsp3) is 0.435. The topological polar surface area (TPSA) is 63.7 Å². The number of benzene rings is 2. The van der Waals surface area contributed by atoms with E-state index in [1.807, 2.05) is 29.2 Å². The smallest absolute Gasteiger partial charge is 0.308 e. The van der Waals surface area contributed by atoms with E-state index in [1.54, 1.807) is 25.1 Å². The van der Waals surface area contributed by atoms with Crippen LogP contribution in [0.3, 0.4) is 0 Å². The van der Waals surface area contributed by atoms with Gasteiger partial charge in [0, 0.05) is 19.0 Å². The number of carbonyl (C=O) groups is 1. The molecule has 1 aliphatic rings. The van der Waals surface area contributed by atoms with Crippen LogP contribution >= 0.6 is 0 Å². The Morgan fingerprint density at radius 2 is 1.86 bits per heavy atom. The molecule has 0 heterocycles. The number of hydrogen-bond donors (Lipinski definition) is 0. The van der Waals surface area contributed by atoms with Crippen LogP contribution in [-0.4, -0.2) is 31.5 Å². The lowest BCUT2D eigenvalue weighted by molar-refractivity contribution is -0.133. The van der Waals surface area contributed by atoms with Gasteiger partial charge in [-0.05, 0) is 48.4 Å². The maximum atomic E-state index is 13.2. The summed E-state index contributed by atoms with van der Waals surface area (Å²) in [6, 6.07) is 17.2. The van der Waals surface area contributed by atoms with Crippen molar-refractivity contribution in [1.29, 1.82) is 0 Å². The third-order valence-corrected chi connectivity index (χ3v) is 6.23. The Morgan fingerprint density at radius 1 is 1.14 bits per heavy atom. The summed E-state index contributed by atoms with van der Waals surface area (Å²) in [7, 11) is -3.58. The van der Waals surface area contributed by atoms with Crippen molar-refractivity contribution in [3.63, 3.8) is 0 Å². The van der Waals surface area contributed by atoms with Gasteiger partial charge in [-0.25, -0.2) is 0 Å². The molecule has 1 saturated carbocycles. The average Bonchev–Trinajstić information content (AvgIpc) is 3.48. The van der Waals surface area contributed by atoms with Crippen molar-refractivity contribution in [1.82, 2.24) is 4.90 Å². The molecule has 0 aromatic heterocycles. The zero-order valence-electron chi connectivity index (χ0n) is 17.2. The lowest BCUT2D eigenvalue weighted by Gasteiger charge is -2.25. The second kappa shape index (κ2) is 8.99. The van der Waals surface area contributed by atoms with Crippen molar-refractivity contribution in [2.45, 2.75) is 39.7 Å². The first-order chi connectivity index (χ1) is 13.8. The van der Waals surface area contributed by atoms with Crippen LogP contribution < -0.4 is 4.18 Å². The molecule has 0 N–H and O–H groups in total. The zero-order valence-corrected chi connectivity index (χ0v) is 18.1. The van der Waals surface area contributed by atoms with Crippen molar-refractivity contribution in [3.8, 4) is 5.75 Å². The minimum absolute atomic E-state index is 0.0241. The Bertz CT molecular complexity index is 940. The molecule has 5 nitrogen and oxygen atoms in total. The summed E-state index contributed by atoms with van der Waals surface area (Å²) in [6.07, 6.45) is 0.884. The molecular weight excluding hydrogens is 386 g/mol. The van der Waals surface area contributed by atoms with Gasteiger partial charge in [-0.15, -0.1) is 0 Å². The van der Waals surface area contributed by atoms with Crippen LogP contribution in [0.25, 0.3) is 0 Å². The molecule has 2 unspecified atom stereocenters. The molecule has 1 aliphatic carbocycles. The first kappa shape index (κ1) is 21.4. The maximum Gasteiger partial charge on any atom is 0.308 e. The normalized spacial score (nSPS) is 18.5. The van der Waals surface area contributed by atoms with Crippen LogP contribution in [0.1, 0.15) is 44.2 Å². The zero-order chi connectivity index (χ0) is 21.0. The highest BCUT2D eigenvalue weighted by Crippen LogP contribution is 2.48. The quantitative estimate of drug-likeness (QED) is 0.576. The lowest BCUT2D eigenvalue weighted by Crippen LogP contribution is -2.35. The highest BCUT2D eigenvalue weighted by molar-refractivity contribution is 7.87. The molecule has 3 rings (SSSR count). The van der Waals surface area contributed by atoms with Crippen molar-refractivity contribution in [3.05, 3.63) is 65.7 Å². The molecule has 1 amide bonds. The van der Waals surface area contributed by atoms with Gasteiger partial charge in [0.15, 0.2) is 0 Å². The maximum absolute atomic E-state index is 13.2. The van der Waals surface area contributed by atoms with Crippen LogP contribution in [0.15, 0.2) is 54.6 Å². The molecule has 0 radical (unpaired) electrons. The molecular formula is C23H29NO4S. The van der Waals surface area contributed by atoms with Gasteiger partial charge in [0.2, 0.25) is 5.91 Å². The van der Waals surface area contributed by atoms with E-state index in [0.717, 1.165) is 12.0 Å². The number of rotatable bonds is 9. The van der Waals surface area contributed by atoms with Crippen molar-refractivity contribution < 1.29 is 17.4 Å². The fourth-order valence-corrected chi connectivity index (χ4v) is 4.08. The summed E-state index contributed by atoms with van der Waals surface area (Å²) >= 11 is 0. The van der Waals surface area contributed by atoms with E-state index in [0.29, 0.717) is 24.9 Å². The van der Waals surface area contributed by atoms with Crippen molar-refractivity contribution in [2.75, 3.05) is 12.3 Å². The number of amides is 1. The van der Waals surface area contributed by atoms with Gasteiger partial charge in [-0.3, -0.25) is 4.79 Å². The predicted octanol–water partition coefficient (Wildman–Crippen LogP) is 4.20. The highest BCUT2D eigenvalue weighted by Gasteiger charge is 2.45. The minimum Gasteiger partial charge on any atom is -0.382 e. The Balaban J connectivity index is 1.72. The Kier molecular flexibility index (Phi) is 6.63. The van der Waals surface area contributed by atoms with Crippen molar-refractivity contribution >= 4 is 16.0 Å². The molecule has 1 fully saturated rings. The molecule has 6 heteroatoms. The molecule has 29 heavy (non-hydrogen) atoms. The molecule has 2 aromatic carbocycles. The summed E-state index contributed by atoms with van der Waals surface area (Å²) in [5.41, 5.74) is 2.08. The largest absolute Gasteiger partial charge is 0.382 e. The molecule has 0 saturated heterocycles. The molecule has 0 bridgehead atoms. The fourth-order valence-electron chi connectivity index (χ4n) is 3.57. The van der Waals surface area contributed by atoms with Crippen LogP contribution in [0.4, 0.5) is 0 Å². The third kappa shape index (κ3) is 5.82. The van der Waals surface area contributed by atoms with Gasteiger partial charge >= 0.3 is 10.1 Å². The Labute approximate surface area is 173 Å². The standard InChI is InChI=1S/C23H29NO4S/c1-4-29(26,27)28-20-12-8-9-18(13-20)16-24(15-17(2)3)23(25)22-14-21(22)19-10-6-5-7-11-19/h5-13,17,21-22H,4,14-16H2,1-3H3. The van der Waals surface area contributed by atoms with Gasteiger partial charge in [-0.1, -0.05) is 56.3 Å². The molecule has 156 valence electrons. The molecule has 2 aromatic rings. The van der Waals surface area contributed by atoms with E-state index in [9.17, 15) is 13.2 Å². The van der Waals surface area contributed by atoms with Crippen LogP contribution in [-0.2, 0) is 21.5 Å². The monoisotopic (exact) mass is 415 g/mol. The average molecular weight is 416 g/mol. The highest BCUT2D eigenvalue weighted by atomic mass is 32.2. The Hall–Kier alpha value is -2.34. The summed E-state index contributed by atoms with van der Waals surface area (Å²) in [5.74, 6) is 1.03. The third-order valence-electron chi connectivity index (χ3n) is 5.08. The van der Waals surface area contributed by atoms with E-state index >= 15 is 0 Å². The molecule has 0 aliphatic heterocycles. The van der Waals surface area contributed by atoms with Gasteiger partial charge < -0.3 is 9.08 Å². The lowest BCUT2D eigenvalue weighted by atomic mass is 10.1. The van der Waals surface area contributed by atoms with E-state index < -0.39 is 10.1 Å². The van der Waals surface area contributed by atoms with Crippen LogP contribution in [0, 0.1) is 11.8 Å². The summed E-state index contributed by atoms with van der Waals surface area (Å²) < 4.78 is 28.6. The van der Waals surface area contributed by atoms with Gasteiger partial charge in [0.05, 0.1) is 5.75 Å². The van der Waals surface area contributed by atoms with Crippen LogP contribution in [0.5, 0.6) is 5.75 Å². The number of hydrogen-bond acceptors (Lipinski definition) is 4. The minimum atomic E-state index is -3.58. The summed E-state index contributed by atoms with van der Waals surface area (Å²) in [6.45, 7) is 6.83. The first-order valence-electron chi connectivity index (χ1n) is 10.1. The number of carbonyl (C=O) groups excluding carboxylic acids is 1. The van der Waals surface area contributed by atoms with E-state index in [2.05, 4.69) is 26.0 Å². The second-order valence-corrected chi connectivity index (χ2v) is 9.91. The first-order valence-corrected chi connectivity index (χ1v) is 11.7. The summed E-state index contributed by atoms with van der Waals surface area (Å²) in [5, 5.41) is 0. The van der Waals surface area contributed by atoms with Gasteiger partial charge in [0.1, 0.15) is 5.75 Å². The van der Waals surface area contributed by atoms with E-state index in [-0.39, 0.29) is 23.3 Å². The second-order valence-electron chi connectivity index (χ2n) is 8.05. The van der Waals surface area contributed by atoms with E-state index in [1.165, 1.54) is 5.56 Å². The Morgan fingerprint density at radius 3 is 2.52 bits per heavy atom.